The van der Waals surface area contributed by atoms with Gasteiger partial charge in [0.05, 0.1) is 0 Å². The summed E-state index contributed by atoms with van der Waals surface area (Å²) in [6, 6.07) is -0.378. The Morgan fingerprint density at radius 1 is 1.25 bits per heavy atom. The average molecular weight is 279 g/mol. The predicted molar refractivity (Wildman–Crippen MR) is 73.9 cm³/mol. The number of nitrogens with zero attached hydrogens (tertiary/aromatic N) is 2. The van der Waals surface area contributed by atoms with Crippen LogP contribution < -0.4 is 5.32 Å². The normalized spacial score (nSPS) is 21.4. The molecule has 0 aromatic rings. The molecule has 1 aliphatic heterocycles. The fraction of sp³-hybridized carbons (Fsp3) is 0.643. The highest BCUT2D eigenvalue weighted by atomic mass is 16.2. The Morgan fingerprint density at radius 3 is 2.50 bits per heavy atom. The van der Waals surface area contributed by atoms with E-state index in [-0.39, 0.29) is 12.6 Å². The van der Waals surface area contributed by atoms with Crippen molar-refractivity contribution in [1.29, 1.82) is 0 Å². The van der Waals surface area contributed by atoms with Crippen LogP contribution in [-0.2, 0) is 9.59 Å². The highest BCUT2D eigenvalue weighted by Gasteiger charge is 2.36. The minimum atomic E-state index is -0.726. The number of piperazine rings is 1. The molecule has 6 nitrogen and oxygen atoms in total. The Labute approximate surface area is 118 Å². The van der Waals surface area contributed by atoms with Crippen LogP contribution in [0.2, 0.25) is 0 Å². The third kappa shape index (κ3) is 3.00. The van der Waals surface area contributed by atoms with Gasteiger partial charge in [0.1, 0.15) is 0 Å². The van der Waals surface area contributed by atoms with Crippen LogP contribution in [-0.4, -0.2) is 53.3 Å². The number of likely N-dealkylation sites (N-methyl/N-ethyl adjacent to an activating group) is 1. The number of rotatable bonds is 2. The molecule has 0 radical (unpaired) electrons. The van der Waals surface area contributed by atoms with E-state index in [1.807, 2.05) is 6.92 Å². The topological polar surface area (TPSA) is 69.7 Å². The van der Waals surface area contributed by atoms with Crippen LogP contribution in [0.25, 0.3) is 0 Å². The van der Waals surface area contributed by atoms with Gasteiger partial charge in [0.15, 0.2) is 0 Å². The van der Waals surface area contributed by atoms with E-state index >= 15 is 0 Å². The minimum Gasteiger partial charge on any atom is -0.335 e. The van der Waals surface area contributed by atoms with Crippen molar-refractivity contribution in [2.24, 2.45) is 0 Å². The number of urea groups is 1. The van der Waals surface area contributed by atoms with E-state index in [1.165, 1.54) is 10.5 Å². The SMILES string of the molecule is C=C1CCC(NC(=O)N2CCN(CC)C(=O)C2=O)CC1. The first-order chi connectivity index (χ1) is 9.52. The van der Waals surface area contributed by atoms with Gasteiger partial charge in [-0.3, -0.25) is 14.5 Å². The van der Waals surface area contributed by atoms with E-state index in [9.17, 15) is 14.4 Å². The van der Waals surface area contributed by atoms with Gasteiger partial charge in [-0.2, -0.15) is 0 Å². The van der Waals surface area contributed by atoms with E-state index in [4.69, 9.17) is 0 Å². The molecule has 20 heavy (non-hydrogen) atoms. The van der Waals surface area contributed by atoms with E-state index in [1.54, 1.807) is 0 Å². The van der Waals surface area contributed by atoms with E-state index in [2.05, 4.69) is 11.9 Å². The van der Waals surface area contributed by atoms with E-state index < -0.39 is 17.8 Å². The predicted octanol–water partition coefficient (Wildman–Crippen LogP) is 0.885. The lowest BCUT2D eigenvalue weighted by Crippen LogP contribution is -2.59. The number of carbonyl (C=O) groups excluding carboxylic acids is 3. The van der Waals surface area contributed by atoms with Gasteiger partial charge >= 0.3 is 17.8 Å². The summed E-state index contributed by atoms with van der Waals surface area (Å²) in [5.41, 5.74) is 1.21. The molecule has 0 atom stereocenters. The number of amides is 4. The molecule has 110 valence electrons. The molecule has 0 aromatic heterocycles. The maximum Gasteiger partial charge on any atom is 0.324 e. The molecular formula is C14H21N3O3. The summed E-state index contributed by atoms with van der Waals surface area (Å²) in [4.78, 5) is 38.2. The molecule has 2 rings (SSSR count). The zero-order valence-corrected chi connectivity index (χ0v) is 11.9. The maximum absolute atomic E-state index is 12.1. The van der Waals surface area contributed by atoms with Crippen LogP contribution in [0.15, 0.2) is 12.2 Å². The second-order valence-corrected chi connectivity index (χ2v) is 5.32. The molecule has 0 bridgehead atoms. The van der Waals surface area contributed by atoms with Gasteiger partial charge in [-0.1, -0.05) is 12.2 Å². The molecule has 1 saturated carbocycles. The molecule has 0 aromatic carbocycles. The number of hydrogen-bond donors (Lipinski definition) is 1. The van der Waals surface area contributed by atoms with Crippen molar-refractivity contribution in [2.75, 3.05) is 19.6 Å². The van der Waals surface area contributed by atoms with E-state index in [0.717, 1.165) is 30.6 Å². The summed E-state index contributed by atoms with van der Waals surface area (Å²) in [6.45, 7) is 6.92. The average Bonchev–Trinajstić information content (AvgIpc) is 2.44. The number of imide groups is 1. The van der Waals surface area contributed by atoms with Crippen molar-refractivity contribution >= 4 is 17.8 Å². The van der Waals surface area contributed by atoms with Crippen molar-refractivity contribution in [2.45, 2.75) is 38.6 Å². The maximum atomic E-state index is 12.1. The number of allylic oxidation sites excluding steroid dienone is 1. The smallest absolute Gasteiger partial charge is 0.324 e. The minimum absolute atomic E-state index is 0.0695. The summed E-state index contributed by atoms with van der Waals surface area (Å²) in [6.07, 6.45) is 3.51. The number of hydrogen-bond acceptors (Lipinski definition) is 3. The standard InChI is InChI=1S/C14H21N3O3/c1-3-16-8-9-17(13(19)12(16)18)14(20)15-11-6-4-10(2)5-7-11/h11H,2-9H2,1H3,(H,15,20). The monoisotopic (exact) mass is 279 g/mol. The number of carbonyl (C=O) groups is 3. The van der Waals surface area contributed by atoms with Gasteiger partial charge in [-0.15, -0.1) is 0 Å². The third-order valence-corrected chi connectivity index (χ3v) is 3.96. The second kappa shape index (κ2) is 6.07. The first kappa shape index (κ1) is 14.6. The largest absolute Gasteiger partial charge is 0.335 e. The molecular weight excluding hydrogens is 258 g/mol. The summed E-state index contributed by atoms with van der Waals surface area (Å²) in [7, 11) is 0. The Hall–Kier alpha value is -1.85. The number of nitrogens with one attached hydrogen (secondary N) is 1. The summed E-state index contributed by atoms with van der Waals surface area (Å²) < 4.78 is 0. The Balaban J connectivity index is 1.91. The Bertz CT molecular complexity index is 437. The Kier molecular flexibility index (Phi) is 4.42. The van der Waals surface area contributed by atoms with Crippen LogP contribution in [0.4, 0.5) is 4.79 Å². The van der Waals surface area contributed by atoms with Crippen molar-refractivity contribution < 1.29 is 14.4 Å². The van der Waals surface area contributed by atoms with Gasteiger partial charge in [0.25, 0.3) is 0 Å². The van der Waals surface area contributed by atoms with Gasteiger partial charge in [-0.25, -0.2) is 4.79 Å². The van der Waals surface area contributed by atoms with Crippen molar-refractivity contribution in [3.05, 3.63) is 12.2 Å². The first-order valence-corrected chi connectivity index (χ1v) is 7.10. The van der Waals surface area contributed by atoms with Gasteiger partial charge in [0, 0.05) is 25.7 Å². The molecule has 0 unspecified atom stereocenters. The lowest BCUT2D eigenvalue weighted by Gasteiger charge is -2.33. The summed E-state index contributed by atoms with van der Waals surface area (Å²) in [5, 5.41) is 2.85. The molecule has 6 heteroatoms. The molecule has 1 saturated heterocycles. The first-order valence-electron chi connectivity index (χ1n) is 7.10. The molecule has 4 amide bonds. The molecule has 1 aliphatic carbocycles. The second-order valence-electron chi connectivity index (χ2n) is 5.32. The molecule has 2 fully saturated rings. The summed E-state index contributed by atoms with van der Waals surface area (Å²) >= 11 is 0. The molecule has 1 N–H and O–H groups in total. The zero-order valence-electron chi connectivity index (χ0n) is 11.9. The van der Waals surface area contributed by atoms with Crippen LogP contribution in [0.5, 0.6) is 0 Å². The van der Waals surface area contributed by atoms with Crippen molar-refractivity contribution in [3.8, 4) is 0 Å². The van der Waals surface area contributed by atoms with Gasteiger partial charge in [-0.05, 0) is 32.6 Å². The van der Waals surface area contributed by atoms with Crippen LogP contribution in [0, 0.1) is 0 Å². The van der Waals surface area contributed by atoms with Crippen LogP contribution >= 0.6 is 0 Å². The highest BCUT2D eigenvalue weighted by molar-refractivity contribution is 6.38. The molecule has 2 aliphatic rings. The fourth-order valence-corrected chi connectivity index (χ4v) is 2.59. The lowest BCUT2D eigenvalue weighted by molar-refractivity contribution is -0.153. The molecule has 1 heterocycles. The fourth-order valence-electron chi connectivity index (χ4n) is 2.59. The van der Waals surface area contributed by atoms with Crippen molar-refractivity contribution in [3.63, 3.8) is 0 Å². The summed E-state index contributed by atoms with van der Waals surface area (Å²) in [5.74, 6) is -1.32. The van der Waals surface area contributed by atoms with Gasteiger partial charge in [0.2, 0.25) is 0 Å². The third-order valence-electron chi connectivity index (χ3n) is 3.96. The highest BCUT2D eigenvalue weighted by Crippen LogP contribution is 2.22. The quantitative estimate of drug-likeness (QED) is 0.603. The van der Waals surface area contributed by atoms with Gasteiger partial charge < -0.3 is 10.2 Å². The zero-order chi connectivity index (χ0) is 14.7. The molecule has 0 spiro atoms. The van der Waals surface area contributed by atoms with Crippen LogP contribution in [0.3, 0.4) is 0 Å². The van der Waals surface area contributed by atoms with E-state index in [0.29, 0.717) is 13.1 Å². The van der Waals surface area contributed by atoms with Crippen LogP contribution in [0.1, 0.15) is 32.6 Å². The van der Waals surface area contributed by atoms with Crippen molar-refractivity contribution in [1.82, 2.24) is 15.1 Å². The Morgan fingerprint density at radius 2 is 1.90 bits per heavy atom. The lowest BCUT2D eigenvalue weighted by atomic mass is 9.92.